The predicted octanol–water partition coefficient (Wildman–Crippen LogP) is 2.52. The standard InChI is InChI=1S/C14H16N2O2S/c1-16(8-5-12-4-2-3-7-15-12)10-11-6-9-19-13(11)14(17)18/h2-4,6-7,9H,5,8,10H2,1H3,(H,17,18). The first-order valence-corrected chi connectivity index (χ1v) is 6.93. The van der Waals surface area contributed by atoms with Crippen molar-refractivity contribution in [1.82, 2.24) is 9.88 Å². The molecule has 0 saturated carbocycles. The van der Waals surface area contributed by atoms with E-state index in [0.29, 0.717) is 11.4 Å². The number of carboxylic acid groups (broad SMARTS) is 1. The molecule has 0 amide bonds. The van der Waals surface area contributed by atoms with Crippen molar-refractivity contribution in [3.8, 4) is 0 Å². The third-order valence-electron chi connectivity index (χ3n) is 2.86. The number of aromatic carboxylic acids is 1. The smallest absolute Gasteiger partial charge is 0.346 e. The van der Waals surface area contributed by atoms with Crippen molar-refractivity contribution in [2.75, 3.05) is 13.6 Å². The van der Waals surface area contributed by atoms with Crippen LogP contribution in [0.1, 0.15) is 20.9 Å². The predicted molar refractivity (Wildman–Crippen MR) is 75.6 cm³/mol. The Labute approximate surface area is 116 Å². The molecular formula is C14H16N2O2S. The molecule has 0 aliphatic heterocycles. The molecule has 2 rings (SSSR count). The molecule has 1 N–H and O–H groups in total. The van der Waals surface area contributed by atoms with Crippen LogP contribution >= 0.6 is 11.3 Å². The summed E-state index contributed by atoms with van der Waals surface area (Å²) < 4.78 is 0. The Morgan fingerprint density at radius 2 is 2.26 bits per heavy atom. The Bertz CT molecular complexity index is 539. The zero-order valence-electron chi connectivity index (χ0n) is 10.7. The maximum absolute atomic E-state index is 11.0. The number of rotatable bonds is 6. The molecule has 0 radical (unpaired) electrons. The van der Waals surface area contributed by atoms with E-state index in [4.69, 9.17) is 5.11 Å². The minimum absolute atomic E-state index is 0.435. The fourth-order valence-corrected chi connectivity index (χ4v) is 2.62. The summed E-state index contributed by atoms with van der Waals surface area (Å²) in [5.74, 6) is -0.844. The van der Waals surface area contributed by atoms with Crippen molar-refractivity contribution in [2.24, 2.45) is 0 Å². The molecule has 0 aliphatic rings. The van der Waals surface area contributed by atoms with Crippen LogP contribution < -0.4 is 0 Å². The zero-order valence-corrected chi connectivity index (χ0v) is 11.6. The molecular weight excluding hydrogens is 260 g/mol. The fourth-order valence-electron chi connectivity index (χ4n) is 1.87. The number of likely N-dealkylation sites (N-methyl/N-ethyl adjacent to an activating group) is 1. The highest BCUT2D eigenvalue weighted by Crippen LogP contribution is 2.18. The van der Waals surface area contributed by atoms with Crippen LogP contribution in [0.2, 0.25) is 0 Å². The number of hydrogen-bond acceptors (Lipinski definition) is 4. The van der Waals surface area contributed by atoms with Gasteiger partial charge in [0.05, 0.1) is 0 Å². The number of thiophene rings is 1. The molecule has 0 spiro atoms. The second-order valence-corrected chi connectivity index (χ2v) is 5.31. The van der Waals surface area contributed by atoms with Crippen molar-refractivity contribution < 1.29 is 9.90 Å². The zero-order chi connectivity index (χ0) is 13.7. The van der Waals surface area contributed by atoms with Crippen molar-refractivity contribution in [1.29, 1.82) is 0 Å². The van der Waals surface area contributed by atoms with E-state index in [1.165, 1.54) is 11.3 Å². The summed E-state index contributed by atoms with van der Waals surface area (Å²) >= 11 is 1.28. The summed E-state index contributed by atoms with van der Waals surface area (Å²) in [6, 6.07) is 7.76. The lowest BCUT2D eigenvalue weighted by molar-refractivity contribution is 0.0700. The van der Waals surface area contributed by atoms with Gasteiger partial charge in [0.25, 0.3) is 0 Å². The quantitative estimate of drug-likeness (QED) is 0.881. The Balaban J connectivity index is 1.89. The lowest BCUT2D eigenvalue weighted by Crippen LogP contribution is -2.21. The summed E-state index contributed by atoms with van der Waals surface area (Å²) in [6.07, 6.45) is 2.65. The van der Waals surface area contributed by atoms with Crippen molar-refractivity contribution in [2.45, 2.75) is 13.0 Å². The average Bonchev–Trinajstić information content (AvgIpc) is 2.86. The lowest BCUT2D eigenvalue weighted by Gasteiger charge is -2.16. The van der Waals surface area contributed by atoms with Crippen LogP contribution in [0.25, 0.3) is 0 Å². The highest BCUT2D eigenvalue weighted by Gasteiger charge is 2.13. The maximum Gasteiger partial charge on any atom is 0.346 e. The fraction of sp³-hybridized carbons (Fsp3) is 0.286. The SMILES string of the molecule is CN(CCc1ccccn1)Cc1ccsc1C(=O)O. The van der Waals surface area contributed by atoms with E-state index in [-0.39, 0.29) is 0 Å². The Kier molecular flexibility index (Phi) is 4.65. The number of carboxylic acids is 1. The van der Waals surface area contributed by atoms with Gasteiger partial charge in [-0.05, 0) is 36.2 Å². The molecule has 0 saturated heterocycles. The van der Waals surface area contributed by atoms with Crippen molar-refractivity contribution in [3.63, 3.8) is 0 Å². The Morgan fingerprint density at radius 1 is 1.42 bits per heavy atom. The van der Waals surface area contributed by atoms with E-state index in [1.807, 2.05) is 36.7 Å². The molecule has 5 heteroatoms. The number of aromatic nitrogens is 1. The van der Waals surface area contributed by atoms with Crippen LogP contribution in [0.3, 0.4) is 0 Å². The van der Waals surface area contributed by atoms with Crippen LogP contribution in [0, 0.1) is 0 Å². The van der Waals surface area contributed by atoms with Gasteiger partial charge in [-0.2, -0.15) is 0 Å². The van der Waals surface area contributed by atoms with Crippen LogP contribution in [-0.4, -0.2) is 34.6 Å². The summed E-state index contributed by atoms with van der Waals surface area (Å²) in [5.41, 5.74) is 1.93. The minimum Gasteiger partial charge on any atom is -0.477 e. The molecule has 2 heterocycles. The first-order valence-electron chi connectivity index (χ1n) is 6.05. The van der Waals surface area contributed by atoms with Gasteiger partial charge in [0.1, 0.15) is 4.88 Å². The summed E-state index contributed by atoms with van der Waals surface area (Å²) in [7, 11) is 1.99. The van der Waals surface area contributed by atoms with E-state index in [1.54, 1.807) is 6.20 Å². The van der Waals surface area contributed by atoms with Crippen LogP contribution in [0.15, 0.2) is 35.8 Å². The summed E-state index contributed by atoms with van der Waals surface area (Å²) in [5, 5.41) is 10.9. The largest absolute Gasteiger partial charge is 0.477 e. The van der Waals surface area contributed by atoms with Gasteiger partial charge >= 0.3 is 5.97 Å². The molecule has 2 aromatic heterocycles. The normalized spacial score (nSPS) is 10.8. The van der Waals surface area contributed by atoms with Crippen molar-refractivity contribution in [3.05, 3.63) is 52.0 Å². The van der Waals surface area contributed by atoms with E-state index >= 15 is 0 Å². The summed E-state index contributed by atoms with van der Waals surface area (Å²) in [6.45, 7) is 1.50. The number of nitrogens with zero attached hydrogens (tertiary/aromatic N) is 2. The molecule has 19 heavy (non-hydrogen) atoms. The molecule has 0 atom stereocenters. The van der Waals surface area contributed by atoms with Gasteiger partial charge in [-0.15, -0.1) is 11.3 Å². The highest BCUT2D eigenvalue weighted by atomic mass is 32.1. The maximum atomic E-state index is 11.0. The van der Waals surface area contributed by atoms with Gasteiger partial charge in [0.2, 0.25) is 0 Å². The first-order chi connectivity index (χ1) is 9.16. The second kappa shape index (κ2) is 6.45. The Morgan fingerprint density at radius 3 is 2.95 bits per heavy atom. The van der Waals surface area contributed by atoms with E-state index in [9.17, 15) is 4.79 Å². The van der Waals surface area contributed by atoms with Gasteiger partial charge in [0.15, 0.2) is 0 Å². The second-order valence-electron chi connectivity index (χ2n) is 4.39. The number of carbonyl (C=O) groups is 1. The molecule has 0 fully saturated rings. The van der Waals surface area contributed by atoms with E-state index in [2.05, 4.69) is 9.88 Å². The van der Waals surface area contributed by atoms with Crippen LogP contribution in [-0.2, 0) is 13.0 Å². The third kappa shape index (κ3) is 3.87. The monoisotopic (exact) mass is 276 g/mol. The highest BCUT2D eigenvalue weighted by molar-refractivity contribution is 7.12. The van der Waals surface area contributed by atoms with E-state index in [0.717, 1.165) is 24.2 Å². The van der Waals surface area contributed by atoms with Gasteiger partial charge in [0, 0.05) is 31.4 Å². The minimum atomic E-state index is -0.844. The molecule has 100 valence electrons. The molecule has 0 unspecified atom stereocenters. The molecule has 0 aromatic carbocycles. The molecule has 0 bridgehead atoms. The van der Waals surface area contributed by atoms with Gasteiger partial charge in [-0.3, -0.25) is 4.98 Å². The number of hydrogen-bond donors (Lipinski definition) is 1. The Hall–Kier alpha value is -1.72. The first kappa shape index (κ1) is 13.7. The molecule has 4 nitrogen and oxygen atoms in total. The third-order valence-corrected chi connectivity index (χ3v) is 3.80. The topological polar surface area (TPSA) is 53.4 Å². The summed E-state index contributed by atoms with van der Waals surface area (Å²) in [4.78, 5) is 17.8. The van der Waals surface area contributed by atoms with Gasteiger partial charge in [-0.1, -0.05) is 6.07 Å². The van der Waals surface area contributed by atoms with E-state index < -0.39 is 5.97 Å². The average molecular weight is 276 g/mol. The number of pyridine rings is 1. The van der Waals surface area contributed by atoms with Crippen LogP contribution in [0.5, 0.6) is 0 Å². The molecule has 2 aromatic rings. The lowest BCUT2D eigenvalue weighted by atomic mass is 10.2. The molecule has 0 aliphatic carbocycles. The van der Waals surface area contributed by atoms with Gasteiger partial charge < -0.3 is 10.0 Å². The van der Waals surface area contributed by atoms with Crippen molar-refractivity contribution >= 4 is 17.3 Å². The van der Waals surface area contributed by atoms with Crippen LogP contribution in [0.4, 0.5) is 0 Å². The van der Waals surface area contributed by atoms with Gasteiger partial charge in [-0.25, -0.2) is 4.79 Å².